The van der Waals surface area contributed by atoms with Gasteiger partial charge >= 0.3 is 0 Å². The number of methoxy groups -OCH3 is 1. The van der Waals surface area contributed by atoms with Crippen molar-refractivity contribution in [3.8, 4) is 5.75 Å². The molecule has 0 atom stereocenters. The number of aromatic nitrogens is 2. The summed E-state index contributed by atoms with van der Waals surface area (Å²) in [6.45, 7) is 1.54. The van der Waals surface area contributed by atoms with E-state index in [1.165, 1.54) is 35.9 Å². The van der Waals surface area contributed by atoms with Gasteiger partial charge in [-0.2, -0.15) is 4.31 Å². The second kappa shape index (κ2) is 8.11. The van der Waals surface area contributed by atoms with Gasteiger partial charge in [-0.05, 0) is 36.8 Å². The average Bonchev–Trinajstić information content (AvgIpc) is 3.00. The van der Waals surface area contributed by atoms with Crippen LogP contribution in [0, 0.1) is 11.6 Å². The third kappa shape index (κ3) is 3.80. The van der Waals surface area contributed by atoms with Crippen molar-refractivity contribution in [2.45, 2.75) is 11.3 Å². The van der Waals surface area contributed by atoms with Crippen LogP contribution in [0.15, 0.2) is 47.6 Å². The summed E-state index contributed by atoms with van der Waals surface area (Å²) in [5.74, 6) is -0.311. The molecule has 2 aromatic carbocycles. The zero-order valence-corrected chi connectivity index (χ0v) is 17.1. The predicted molar refractivity (Wildman–Crippen MR) is 108 cm³/mol. The average molecular weight is 434 g/mol. The Balaban J connectivity index is 1.61. The highest BCUT2D eigenvalue weighted by Gasteiger charge is 2.28. The number of fused-ring (bicyclic) bond motifs is 1. The van der Waals surface area contributed by atoms with Crippen LogP contribution >= 0.6 is 0 Å². The van der Waals surface area contributed by atoms with Gasteiger partial charge in [-0.3, -0.25) is 0 Å². The number of hydrogen-bond donors (Lipinski definition) is 0. The second-order valence-electron chi connectivity index (χ2n) is 6.90. The molecule has 158 valence electrons. The summed E-state index contributed by atoms with van der Waals surface area (Å²) < 4.78 is 59.5. The van der Waals surface area contributed by atoms with E-state index in [4.69, 9.17) is 4.74 Å². The Kier molecular flexibility index (Phi) is 5.52. The molecule has 1 fully saturated rings. The molecule has 30 heavy (non-hydrogen) atoms. The summed E-state index contributed by atoms with van der Waals surface area (Å²) in [4.78, 5) is 10.5. The number of sulfonamides is 1. The van der Waals surface area contributed by atoms with Crippen molar-refractivity contribution in [1.82, 2.24) is 14.3 Å². The normalized spacial score (nSPS) is 15.9. The van der Waals surface area contributed by atoms with Crippen LogP contribution in [0.3, 0.4) is 0 Å². The van der Waals surface area contributed by atoms with Crippen LogP contribution < -0.4 is 9.64 Å². The number of ether oxygens (including phenoxy) is 1. The van der Waals surface area contributed by atoms with Crippen molar-refractivity contribution < 1.29 is 21.9 Å². The minimum absolute atomic E-state index is 0.0602. The van der Waals surface area contributed by atoms with Crippen LogP contribution in [-0.2, 0) is 10.0 Å². The van der Waals surface area contributed by atoms with E-state index < -0.39 is 21.7 Å². The van der Waals surface area contributed by atoms with E-state index in [-0.39, 0.29) is 17.2 Å². The molecule has 0 amide bonds. The highest BCUT2D eigenvalue weighted by Crippen LogP contribution is 2.30. The highest BCUT2D eigenvalue weighted by atomic mass is 32.2. The largest absolute Gasteiger partial charge is 0.494 e. The molecule has 10 heteroatoms. The Labute approximate surface area is 173 Å². The zero-order chi connectivity index (χ0) is 21.3. The van der Waals surface area contributed by atoms with Gasteiger partial charge in [-0.25, -0.2) is 27.2 Å². The quantitative estimate of drug-likeness (QED) is 0.629. The van der Waals surface area contributed by atoms with E-state index in [9.17, 15) is 17.2 Å². The molecule has 0 aliphatic carbocycles. The highest BCUT2D eigenvalue weighted by molar-refractivity contribution is 7.89. The van der Waals surface area contributed by atoms with E-state index in [1.54, 1.807) is 6.07 Å². The van der Waals surface area contributed by atoms with E-state index in [2.05, 4.69) is 9.97 Å². The Hall–Kier alpha value is -2.85. The Morgan fingerprint density at radius 2 is 1.77 bits per heavy atom. The molecule has 1 aliphatic heterocycles. The lowest BCUT2D eigenvalue weighted by Gasteiger charge is -2.23. The molecular weight excluding hydrogens is 414 g/mol. The Morgan fingerprint density at radius 1 is 1.00 bits per heavy atom. The van der Waals surface area contributed by atoms with Crippen LogP contribution in [0.1, 0.15) is 6.42 Å². The molecule has 2 heterocycles. The predicted octanol–water partition coefficient (Wildman–Crippen LogP) is 2.82. The topological polar surface area (TPSA) is 75.6 Å². The van der Waals surface area contributed by atoms with Crippen molar-refractivity contribution in [2.24, 2.45) is 0 Å². The van der Waals surface area contributed by atoms with E-state index in [0.717, 1.165) is 12.1 Å². The summed E-state index contributed by atoms with van der Waals surface area (Å²) in [6.07, 6.45) is 1.94. The third-order valence-electron chi connectivity index (χ3n) is 5.09. The standard InChI is InChI=1S/C20H20F2N4O3S/c1-29-19-11-16-18(12-17(19)22)23-13-24-20(16)25-7-2-8-26(10-9-25)30(27,28)15-5-3-14(21)4-6-15/h3-6,11-13H,2,7-10H2,1H3. The van der Waals surface area contributed by atoms with Gasteiger partial charge in [0.2, 0.25) is 10.0 Å². The van der Waals surface area contributed by atoms with Gasteiger partial charge in [0.1, 0.15) is 18.0 Å². The molecule has 4 rings (SSSR count). The Bertz CT molecular complexity index is 1170. The monoisotopic (exact) mass is 434 g/mol. The molecule has 0 N–H and O–H groups in total. The SMILES string of the molecule is COc1cc2c(N3CCCN(S(=O)(=O)c4ccc(F)cc4)CC3)ncnc2cc1F. The minimum Gasteiger partial charge on any atom is -0.494 e. The molecule has 1 aliphatic rings. The first-order valence-corrected chi connectivity index (χ1v) is 10.8. The summed E-state index contributed by atoms with van der Waals surface area (Å²) in [7, 11) is -2.34. The van der Waals surface area contributed by atoms with Gasteiger partial charge in [0.25, 0.3) is 0 Å². The summed E-state index contributed by atoms with van der Waals surface area (Å²) in [5.41, 5.74) is 0.443. The van der Waals surface area contributed by atoms with Gasteiger partial charge in [0, 0.05) is 37.6 Å². The molecule has 0 bridgehead atoms. The van der Waals surface area contributed by atoms with E-state index in [0.29, 0.717) is 42.8 Å². The fraction of sp³-hybridized carbons (Fsp3) is 0.300. The second-order valence-corrected chi connectivity index (χ2v) is 8.84. The molecule has 1 saturated heterocycles. The maximum Gasteiger partial charge on any atom is 0.243 e. The van der Waals surface area contributed by atoms with Crippen molar-refractivity contribution in [2.75, 3.05) is 38.2 Å². The van der Waals surface area contributed by atoms with Gasteiger partial charge in [0.15, 0.2) is 11.6 Å². The van der Waals surface area contributed by atoms with Crippen molar-refractivity contribution in [3.63, 3.8) is 0 Å². The maximum absolute atomic E-state index is 14.0. The smallest absolute Gasteiger partial charge is 0.243 e. The molecule has 7 nitrogen and oxygen atoms in total. The van der Waals surface area contributed by atoms with Gasteiger partial charge in [0.05, 0.1) is 17.5 Å². The summed E-state index contributed by atoms with van der Waals surface area (Å²) in [6, 6.07) is 7.66. The number of anilines is 1. The first-order valence-electron chi connectivity index (χ1n) is 9.39. The summed E-state index contributed by atoms with van der Waals surface area (Å²) in [5, 5.41) is 0.630. The van der Waals surface area contributed by atoms with Gasteiger partial charge in [-0.1, -0.05) is 0 Å². The zero-order valence-electron chi connectivity index (χ0n) is 16.3. The lowest BCUT2D eigenvalue weighted by Crippen LogP contribution is -2.35. The molecule has 0 saturated carbocycles. The van der Waals surface area contributed by atoms with Crippen LogP contribution in [0.4, 0.5) is 14.6 Å². The molecule has 1 aromatic heterocycles. The fourth-order valence-electron chi connectivity index (χ4n) is 3.55. The molecule has 0 unspecified atom stereocenters. The number of benzene rings is 2. The summed E-state index contributed by atoms with van der Waals surface area (Å²) >= 11 is 0. The molecule has 3 aromatic rings. The number of rotatable bonds is 4. The lowest BCUT2D eigenvalue weighted by molar-refractivity contribution is 0.387. The maximum atomic E-state index is 14.0. The van der Waals surface area contributed by atoms with Gasteiger partial charge in [-0.15, -0.1) is 0 Å². The van der Waals surface area contributed by atoms with Crippen molar-refractivity contribution in [1.29, 1.82) is 0 Å². The van der Waals surface area contributed by atoms with Crippen molar-refractivity contribution >= 4 is 26.7 Å². The lowest BCUT2D eigenvalue weighted by atomic mass is 10.2. The fourth-order valence-corrected chi connectivity index (χ4v) is 5.02. The first-order chi connectivity index (χ1) is 14.4. The van der Waals surface area contributed by atoms with Crippen LogP contribution in [-0.4, -0.2) is 56.0 Å². The molecular formula is C20H20F2N4O3S. The molecule has 0 spiro atoms. The molecule has 0 radical (unpaired) electrons. The minimum atomic E-state index is -3.73. The van der Waals surface area contributed by atoms with E-state index >= 15 is 0 Å². The van der Waals surface area contributed by atoms with Crippen molar-refractivity contribution in [3.05, 3.63) is 54.4 Å². The number of hydrogen-bond acceptors (Lipinski definition) is 6. The number of halogens is 2. The Morgan fingerprint density at radius 3 is 2.50 bits per heavy atom. The van der Waals surface area contributed by atoms with E-state index in [1.807, 2.05) is 4.90 Å². The number of nitrogens with zero attached hydrogens (tertiary/aromatic N) is 4. The van der Waals surface area contributed by atoms with Crippen LogP contribution in [0.5, 0.6) is 5.75 Å². The van der Waals surface area contributed by atoms with Gasteiger partial charge < -0.3 is 9.64 Å². The first kappa shape index (κ1) is 20.4. The van der Waals surface area contributed by atoms with Crippen LogP contribution in [0.25, 0.3) is 10.9 Å². The third-order valence-corrected chi connectivity index (χ3v) is 7.01. The van der Waals surface area contributed by atoms with Crippen LogP contribution in [0.2, 0.25) is 0 Å².